The van der Waals surface area contributed by atoms with E-state index in [-0.39, 0.29) is 23.9 Å². The molecule has 29 heavy (non-hydrogen) atoms. The number of pyridine rings is 1. The predicted octanol–water partition coefficient (Wildman–Crippen LogP) is 4.30. The maximum atomic E-state index is 13.3. The van der Waals surface area contributed by atoms with E-state index in [0.29, 0.717) is 11.7 Å². The van der Waals surface area contributed by atoms with Crippen molar-refractivity contribution in [1.82, 2.24) is 20.0 Å². The van der Waals surface area contributed by atoms with Crippen molar-refractivity contribution in [2.45, 2.75) is 57.5 Å². The Morgan fingerprint density at radius 3 is 2.48 bits per heavy atom. The van der Waals surface area contributed by atoms with E-state index >= 15 is 0 Å². The maximum absolute atomic E-state index is 13.3. The van der Waals surface area contributed by atoms with E-state index in [4.69, 9.17) is 4.52 Å². The van der Waals surface area contributed by atoms with Crippen LogP contribution in [0.3, 0.4) is 0 Å². The van der Waals surface area contributed by atoms with Crippen molar-refractivity contribution in [3.63, 3.8) is 0 Å². The van der Waals surface area contributed by atoms with Crippen LogP contribution in [-0.4, -0.2) is 38.0 Å². The van der Waals surface area contributed by atoms with Gasteiger partial charge in [-0.3, -0.25) is 9.78 Å². The molecule has 2 fully saturated rings. The quantitative estimate of drug-likeness (QED) is 0.669. The number of aromatic nitrogens is 3. The zero-order valence-electron chi connectivity index (χ0n) is 16.7. The third-order valence-electron chi connectivity index (χ3n) is 6.15. The van der Waals surface area contributed by atoms with Gasteiger partial charge in [0.1, 0.15) is 0 Å². The lowest BCUT2D eigenvalue weighted by atomic mass is 9.90. The molecule has 148 valence electrons. The van der Waals surface area contributed by atoms with Gasteiger partial charge in [-0.25, -0.2) is 0 Å². The molecule has 2 unspecified atom stereocenters. The first-order chi connectivity index (χ1) is 14.1. The Labute approximate surface area is 170 Å². The van der Waals surface area contributed by atoms with Gasteiger partial charge in [0.15, 0.2) is 0 Å². The van der Waals surface area contributed by atoms with E-state index in [9.17, 15) is 4.79 Å². The number of carbonyl (C=O) groups excluding carboxylic acids is 1. The van der Waals surface area contributed by atoms with E-state index in [2.05, 4.69) is 26.1 Å². The van der Waals surface area contributed by atoms with Crippen molar-refractivity contribution in [2.24, 2.45) is 0 Å². The highest BCUT2D eigenvalue weighted by Crippen LogP contribution is 2.43. The fourth-order valence-electron chi connectivity index (χ4n) is 4.97. The molecule has 2 aromatic heterocycles. The fourth-order valence-corrected chi connectivity index (χ4v) is 4.97. The summed E-state index contributed by atoms with van der Waals surface area (Å²) in [6, 6.07) is 10.4. The number of hydrogen-bond acceptors (Lipinski definition) is 5. The summed E-state index contributed by atoms with van der Waals surface area (Å²) in [6.07, 6.45) is 7.31. The Hall–Kier alpha value is -3.02. The highest BCUT2D eigenvalue weighted by molar-refractivity contribution is 5.95. The Bertz CT molecular complexity index is 1010. The van der Waals surface area contributed by atoms with Crippen LogP contribution in [0, 0.1) is 13.8 Å². The van der Waals surface area contributed by atoms with E-state index in [0.717, 1.165) is 47.9 Å². The summed E-state index contributed by atoms with van der Waals surface area (Å²) in [7, 11) is 0. The summed E-state index contributed by atoms with van der Waals surface area (Å²) in [6.45, 7) is 4.08. The lowest BCUT2D eigenvalue weighted by Gasteiger charge is -2.38. The number of fused-ring (bicyclic) bond motifs is 2. The zero-order valence-corrected chi connectivity index (χ0v) is 16.7. The molecule has 0 spiro atoms. The summed E-state index contributed by atoms with van der Waals surface area (Å²) in [4.78, 5) is 24.1. The first-order valence-corrected chi connectivity index (χ1v) is 10.2. The molecule has 0 radical (unpaired) electrons. The van der Waals surface area contributed by atoms with E-state index in [1.165, 1.54) is 0 Å². The van der Waals surface area contributed by atoms with Crippen molar-refractivity contribution >= 4 is 5.91 Å². The molecule has 2 aliphatic heterocycles. The van der Waals surface area contributed by atoms with Crippen molar-refractivity contribution in [2.75, 3.05) is 0 Å². The van der Waals surface area contributed by atoms with Crippen molar-refractivity contribution < 1.29 is 9.32 Å². The minimum atomic E-state index is 0.157. The second-order valence-corrected chi connectivity index (χ2v) is 8.34. The van der Waals surface area contributed by atoms with Gasteiger partial charge >= 0.3 is 0 Å². The standard InChI is InChI=1S/C23H24N4O2/c1-14-8-15(2)10-18(9-14)23(28)27-19-5-6-20(27)12-17(11-19)22-25-21(26-29-22)16-4-3-7-24-13-16/h3-4,7-10,13,17,19-20H,5-6,11-12H2,1-2H3. The smallest absolute Gasteiger partial charge is 0.254 e. The van der Waals surface area contributed by atoms with E-state index in [1.54, 1.807) is 12.4 Å². The summed E-state index contributed by atoms with van der Waals surface area (Å²) >= 11 is 0. The number of nitrogens with zero attached hydrogens (tertiary/aromatic N) is 4. The summed E-state index contributed by atoms with van der Waals surface area (Å²) in [5.41, 5.74) is 3.91. The number of aryl methyl sites for hydroxylation is 2. The van der Waals surface area contributed by atoms with E-state index in [1.807, 2.05) is 38.1 Å². The first-order valence-electron chi connectivity index (χ1n) is 10.2. The van der Waals surface area contributed by atoms with Gasteiger partial charge in [-0.15, -0.1) is 0 Å². The van der Waals surface area contributed by atoms with Crippen LogP contribution in [0.25, 0.3) is 11.4 Å². The van der Waals surface area contributed by atoms with Crippen LogP contribution in [0.2, 0.25) is 0 Å². The van der Waals surface area contributed by atoms with Crippen LogP contribution in [0.1, 0.15) is 59.0 Å². The molecule has 0 saturated carbocycles. The molecule has 5 rings (SSSR count). The van der Waals surface area contributed by atoms with Crippen molar-refractivity contribution in [3.8, 4) is 11.4 Å². The molecule has 4 heterocycles. The fraction of sp³-hybridized carbons (Fsp3) is 0.391. The van der Waals surface area contributed by atoms with Crippen LogP contribution in [0.15, 0.2) is 47.2 Å². The summed E-state index contributed by atoms with van der Waals surface area (Å²) in [5, 5.41) is 4.15. The number of hydrogen-bond donors (Lipinski definition) is 0. The number of piperidine rings is 1. The largest absolute Gasteiger partial charge is 0.339 e. The number of carbonyl (C=O) groups is 1. The number of rotatable bonds is 3. The average molecular weight is 388 g/mol. The molecule has 2 atom stereocenters. The van der Waals surface area contributed by atoms with Gasteiger partial charge in [-0.2, -0.15) is 4.98 Å². The minimum absolute atomic E-state index is 0.157. The first kappa shape index (κ1) is 18.0. The normalized spacial score (nSPS) is 23.4. The molecule has 1 aromatic carbocycles. The summed E-state index contributed by atoms with van der Waals surface area (Å²) in [5.74, 6) is 1.62. The molecule has 2 bridgehead atoms. The molecule has 2 aliphatic rings. The molecule has 6 heteroatoms. The van der Waals surface area contributed by atoms with Gasteiger partial charge in [0.25, 0.3) is 5.91 Å². The molecule has 6 nitrogen and oxygen atoms in total. The molecule has 1 amide bonds. The second kappa shape index (κ2) is 7.10. The third-order valence-corrected chi connectivity index (χ3v) is 6.15. The molecular weight excluding hydrogens is 364 g/mol. The highest BCUT2D eigenvalue weighted by atomic mass is 16.5. The van der Waals surface area contributed by atoms with Crippen LogP contribution in [0.5, 0.6) is 0 Å². The van der Waals surface area contributed by atoms with Crippen LogP contribution >= 0.6 is 0 Å². The third kappa shape index (κ3) is 3.33. The lowest BCUT2D eigenvalue weighted by molar-refractivity contribution is 0.0554. The Kier molecular flexibility index (Phi) is 4.42. The van der Waals surface area contributed by atoms with Gasteiger partial charge in [0.05, 0.1) is 0 Å². The van der Waals surface area contributed by atoms with Crippen LogP contribution < -0.4 is 0 Å². The molecule has 0 aliphatic carbocycles. The van der Waals surface area contributed by atoms with E-state index < -0.39 is 0 Å². The SMILES string of the molecule is Cc1cc(C)cc(C(=O)N2C3CCC2CC(c2nc(-c4cccnc4)no2)C3)c1. The van der Waals surface area contributed by atoms with Crippen molar-refractivity contribution in [1.29, 1.82) is 0 Å². The van der Waals surface area contributed by atoms with Gasteiger partial charge in [-0.1, -0.05) is 22.3 Å². The average Bonchev–Trinajstić information content (AvgIpc) is 3.30. The molecule has 3 aromatic rings. The van der Waals surface area contributed by atoms with Gasteiger partial charge in [-0.05, 0) is 63.8 Å². The highest BCUT2D eigenvalue weighted by Gasteiger charge is 2.45. The van der Waals surface area contributed by atoms with Crippen LogP contribution in [-0.2, 0) is 0 Å². The topological polar surface area (TPSA) is 72.1 Å². The minimum Gasteiger partial charge on any atom is -0.339 e. The number of amides is 1. The van der Waals surface area contributed by atoms with Crippen LogP contribution in [0.4, 0.5) is 0 Å². The zero-order chi connectivity index (χ0) is 20.0. The second-order valence-electron chi connectivity index (χ2n) is 8.34. The number of benzene rings is 1. The Morgan fingerprint density at radius 2 is 1.83 bits per heavy atom. The Morgan fingerprint density at radius 1 is 1.10 bits per heavy atom. The van der Waals surface area contributed by atoms with Gasteiger partial charge in [0.2, 0.25) is 11.7 Å². The Balaban J connectivity index is 1.35. The molecule has 2 saturated heterocycles. The molecular formula is C23H24N4O2. The van der Waals surface area contributed by atoms with Gasteiger partial charge in [0, 0.05) is 41.5 Å². The lowest BCUT2D eigenvalue weighted by Crippen LogP contribution is -2.46. The van der Waals surface area contributed by atoms with Crippen molar-refractivity contribution in [3.05, 3.63) is 65.3 Å². The molecule has 0 N–H and O–H groups in total. The van der Waals surface area contributed by atoms with Gasteiger partial charge < -0.3 is 9.42 Å². The maximum Gasteiger partial charge on any atom is 0.254 e. The monoisotopic (exact) mass is 388 g/mol. The predicted molar refractivity (Wildman–Crippen MR) is 108 cm³/mol. The summed E-state index contributed by atoms with van der Waals surface area (Å²) < 4.78 is 5.60.